The second kappa shape index (κ2) is 6.44. The molecule has 0 N–H and O–H groups in total. The molecule has 1 aromatic heterocycles. The predicted octanol–water partition coefficient (Wildman–Crippen LogP) is 2.99. The van der Waals surface area contributed by atoms with Crippen molar-refractivity contribution < 1.29 is 4.79 Å². The Balaban J connectivity index is 1.64. The van der Waals surface area contributed by atoms with Crippen LogP contribution in [0.15, 0.2) is 5.38 Å². The van der Waals surface area contributed by atoms with Crippen molar-refractivity contribution in [3.63, 3.8) is 0 Å². The zero-order valence-electron chi connectivity index (χ0n) is 13.0. The van der Waals surface area contributed by atoms with Crippen LogP contribution in [-0.4, -0.2) is 46.4 Å². The van der Waals surface area contributed by atoms with E-state index in [1.54, 1.807) is 11.3 Å². The molecular formula is C16H25N3OS. The van der Waals surface area contributed by atoms with Gasteiger partial charge >= 0.3 is 0 Å². The summed E-state index contributed by atoms with van der Waals surface area (Å²) in [6.07, 6.45) is 5.87. The fourth-order valence-corrected chi connectivity index (χ4v) is 4.28. The van der Waals surface area contributed by atoms with E-state index in [2.05, 4.69) is 27.1 Å². The number of aromatic nitrogens is 1. The summed E-state index contributed by atoms with van der Waals surface area (Å²) in [5.41, 5.74) is 1.16. The molecule has 5 heteroatoms. The summed E-state index contributed by atoms with van der Waals surface area (Å²) in [7, 11) is 0. The lowest BCUT2D eigenvalue weighted by molar-refractivity contribution is -0.135. The number of likely N-dealkylation sites (tertiary alicyclic amines) is 2. The van der Waals surface area contributed by atoms with Crippen molar-refractivity contribution in [1.82, 2.24) is 14.8 Å². The molecule has 21 heavy (non-hydrogen) atoms. The first kappa shape index (κ1) is 15.0. The van der Waals surface area contributed by atoms with Crippen molar-refractivity contribution in [2.24, 2.45) is 0 Å². The van der Waals surface area contributed by atoms with Crippen molar-refractivity contribution in [3.8, 4) is 0 Å². The third-order valence-corrected chi connectivity index (χ3v) is 5.60. The molecule has 116 valence electrons. The van der Waals surface area contributed by atoms with Crippen LogP contribution in [0.3, 0.4) is 0 Å². The molecule has 0 spiro atoms. The zero-order valence-corrected chi connectivity index (χ0v) is 13.9. The Labute approximate surface area is 131 Å². The lowest BCUT2D eigenvalue weighted by Gasteiger charge is -2.35. The molecule has 0 aromatic carbocycles. The first-order chi connectivity index (χ1) is 10.1. The maximum Gasteiger partial charge on any atom is 0.237 e. The van der Waals surface area contributed by atoms with Crippen LogP contribution in [0.1, 0.15) is 55.8 Å². The highest BCUT2D eigenvalue weighted by Crippen LogP contribution is 2.32. The Hall–Kier alpha value is -0.940. The van der Waals surface area contributed by atoms with Crippen molar-refractivity contribution in [2.75, 3.05) is 19.6 Å². The van der Waals surface area contributed by atoms with Gasteiger partial charge in [0.2, 0.25) is 5.91 Å². The molecule has 1 aromatic rings. The van der Waals surface area contributed by atoms with Crippen molar-refractivity contribution >= 4 is 17.2 Å². The largest absolute Gasteiger partial charge is 0.339 e. The maximum absolute atomic E-state index is 12.6. The number of thiazole rings is 1. The Kier molecular flexibility index (Phi) is 4.60. The molecule has 2 aliphatic heterocycles. The number of nitrogens with zero attached hydrogens (tertiary/aromatic N) is 3. The van der Waals surface area contributed by atoms with E-state index in [9.17, 15) is 4.79 Å². The van der Waals surface area contributed by atoms with Gasteiger partial charge < -0.3 is 4.90 Å². The van der Waals surface area contributed by atoms with Crippen LogP contribution in [0.25, 0.3) is 0 Å². The lowest BCUT2D eigenvalue weighted by Crippen LogP contribution is -2.46. The molecule has 2 atom stereocenters. The van der Waals surface area contributed by atoms with E-state index in [0.29, 0.717) is 24.5 Å². The third-order valence-electron chi connectivity index (χ3n) is 4.80. The average Bonchev–Trinajstić information content (AvgIpc) is 3.08. The van der Waals surface area contributed by atoms with Gasteiger partial charge in [-0.15, -0.1) is 11.3 Å². The lowest BCUT2D eigenvalue weighted by atomic mass is 10.0. The Morgan fingerprint density at radius 3 is 2.90 bits per heavy atom. The summed E-state index contributed by atoms with van der Waals surface area (Å²) in [5, 5.41) is 3.28. The molecule has 0 saturated carbocycles. The van der Waals surface area contributed by atoms with Gasteiger partial charge in [0, 0.05) is 18.0 Å². The number of hydrogen-bond donors (Lipinski definition) is 0. The van der Waals surface area contributed by atoms with Gasteiger partial charge in [0.1, 0.15) is 0 Å². The Bertz CT molecular complexity index is 501. The van der Waals surface area contributed by atoms with Crippen LogP contribution >= 0.6 is 11.3 Å². The van der Waals surface area contributed by atoms with Gasteiger partial charge in [-0.3, -0.25) is 9.69 Å². The quantitative estimate of drug-likeness (QED) is 0.861. The molecular weight excluding hydrogens is 282 g/mol. The van der Waals surface area contributed by atoms with E-state index in [1.807, 2.05) is 6.92 Å². The number of piperidine rings is 1. The molecule has 2 unspecified atom stereocenters. The highest BCUT2D eigenvalue weighted by Gasteiger charge is 2.31. The summed E-state index contributed by atoms with van der Waals surface area (Å²) < 4.78 is 0. The molecule has 4 nitrogen and oxygen atoms in total. The van der Waals surface area contributed by atoms with E-state index in [4.69, 9.17) is 0 Å². The maximum atomic E-state index is 12.6. The van der Waals surface area contributed by atoms with E-state index in [0.717, 1.165) is 43.1 Å². The van der Waals surface area contributed by atoms with Crippen molar-refractivity contribution in [1.29, 1.82) is 0 Å². The summed E-state index contributed by atoms with van der Waals surface area (Å²) in [6, 6.07) is 0.757. The fourth-order valence-electron chi connectivity index (χ4n) is 3.62. The summed E-state index contributed by atoms with van der Waals surface area (Å²) in [5.74, 6) is 0.307. The fraction of sp³-hybridized carbons (Fsp3) is 0.750. The molecule has 3 heterocycles. The molecule has 0 aliphatic carbocycles. The minimum absolute atomic E-state index is 0.307. The highest BCUT2D eigenvalue weighted by molar-refractivity contribution is 7.09. The topological polar surface area (TPSA) is 36.4 Å². The van der Waals surface area contributed by atoms with Gasteiger partial charge in [0.05, 0.1) is 23.3 Å². The number of carbonyl (C=O) groups excluding carboxylic acids is 1. The average molecular weight is 307 g/mol. The van der Waals surface area contributed by atoms with Crippen LogP contribution in [0.4, 0.5) is 0 Å². The van der Waals surface area contributed by atoms with Gasteiger partial charge in [-0.25, -0.2) is 4.98 Å². The number of carbonyl (C=O) groups is 1. The van der Waals surface area contributed by atoms with Gasteiger partial charge in [-0.05, 0) is 52.5 Å². The summed E-state index contributed by atoms with van der Waals surface area (Å²) >= 11 is 1.71. The molecule has 1 amide bonds. The Morgan fingerprint density at radius 2 is 2.19 bits per heavy atom. The van der Waals surface area contributed by atoms with Gasteiger partial charge in [0.15, 0.2) is 0 Å². The highest BCUT2D eigenvalue weighted by atomic mass is 32.1. The summed E-state index contributed by atoms with van der Waals surface area (Å²) in [6.45, 7) is 6.76. The van der Waals surface area contributed by atoms with Gasteiger partial charge in [-0.1, -0.05) is 0 Å². The molecule has 2 fully saturated rings. The van der Waals surface area contributed by atoms with Crippen LogP contribution < -0.4 is 0 Å². The number of rotatable bonds is 3. The first-order valence-electron chi connectivity index (χ1n) is 8.10. The smallest absolute Gasteiger partial charge is 0.237 e. The standard InChI is InChI=1S/C16H25N3OS/c1-12-6-3-4-9-19(12)16(20)10-18-8-5-7-15(18)14-11-21-13(2)17-14/h11-12,15H,3-10H2,1-2H3. The third kappa shape index (κ3) is 3.29. The predicted molar refractivity (Wildman–Crippen MR) is 85.4 cm³/mol. The number of amides is 1. The minimum Gasteiger partial charge on any atom is -0.339 e. The summed E-state index contributed by atoms with van der Waals surface area (Å²) in [4.78, 5) is 21.7. The molecule has 2 saturated heterocycles. The van der Waals surface area contributed by atoms with Crippen LogP contribution in [0.5, 0.6) is 0 Å². The molecule has 3 rings (SSSR count). The first-order valence-corrected chi connectivity index (χ1v) is 8.98. The van der Waals surface area contributed by atoms with E-state index < -0.39 is 0 Å². The monoisotopic (exact) mass is 307 g/mol. The second-order valence-electron chi connectivity index (χ2n) is 6.35. The van der Waals surface area contributed by atoms with Crippen molar-refractivity contribution in [2.45, 2.75) is 58.0 Å². The van der Waals surface area contributed by atoms with Crippen molar-refractivity contribution in [3.05, 3.63) is 16.1 Å². The second-order valence-corrected chi connectivity index (χ2v) is 7.41. The molecule has 0 bridgehead atoms. The van der Waals surface area contributed by atoms with E-state index in [-0.39, 0.29) is 0 Å². The number of aryl methyl sites for hydroxylation is 1. The van der Waals surface area contributed by atoms with Gasteiger partial charge in [-0.2, -0.15) is 0 Å². The molecule has 2 aliphatic rings. The normalized spacial score (nSPS) is 27.2. The minimum atomic E-state index is 0.307. The number of hydrogen-bond acceptors (Lipinski definition) is 4. The molecule has 0 radical (unpaired) electrons. The van der Waals surface area contributed by atoms with Gasteiger partial charge in [0.25, 0.3) is 0 Å². The van der Waals surface area contributed by atoms with E-state index >= 15 is 0 Å². The zero-order chi connectivity index (χ0) is 14.8. The SMILES string of the molecule is Cc1nc(C2CCCN2CC(=O)N2CCCCC2C)cs1. The van der Waals surface area contributed by atoms with Crippen LogP contribution in [-0.2, 0) is 4.79 Å². The Morgan fingerprint density at radius 1 is 1.33 bits per heavy atom. The van der Waals surface area contributed by atoms with Crippen LogP contribution in [0.2, 0.25) is 0 Å². The van der Waals surface area contributed by atoms with Crippen LogP contribution in [0, 0.1) is 6.92 Å². The van der Waals surface area contributed by atoms with E-state index in [1.165, 1.54) is 12.8 Å².